The molecule has 1 saturated carbocycles. The largest absolute Gasteiger partial charge is 0.379 e. The molecule has 1 N–H and O–H groups in total. The Morgan fingerprint density at radius 2 is 2.18 bits per heavy atom. The van der Waals surface area contributed by atoms with Gasteiger partial charge < -0.3 is 15.0 Å². The Morgan fingerprint density at radius 1 is 1.41 bits per heavy atom. The second-order valence-electron chi connectivity index (χ2n) is 4.68. The average molecular weight is 241 g/mol. The normalized spacial score (nSPS) is 16.1. The third kappa shape index (κ3) is 6.51. The van der Waals surface area contributed by atoms with Crippen LogP contribution in [0.1, 0.15) is 33.1 Å². The first-order valence-corrected chi connectivity index (χ1v) is 6.85. The van der Waals surface area contributed by atoms with Crippen LogP contribution < -0.4 is 5.32 Å². The molecule has 4 heteroatoms. The fraction of sp³-hybridized carbons (Fsp3) is 0.923. The lowest BCUT2D eigenvalue weighted by molar-refractivity contribution is 0.115. The maximum Gasteiger partial charge on any atom is 0.193 e. The van der Waals surface area contributed by atoms with E-state index in [0.717, 1.165) is 51.1 Å². The highest BCUT2D eigenvalue weighted by atomic mass is 16.5. The van der Waals surface area contributed by atoms with Crippen molar-refractivity contribution in [2.45, 2.75) is 33.1 Å². The highest BCUT2D eigenvalue weighted by molar-refractivity contribution is 5.79. The van der Waals surface area contributed by atoms with Crippen LogP contribution in [-0.4, -0.2) is 50.8 Å². The molecule has 1 aliphatic rings. The van der Waals surface area contributed by atoms with Gasteiger partial charge in [0.1, 0.15) is 0 Å². The minimum Gasteiger partial charge on any atom is -0.379 e. The van der Waals surface area contributed by atoms with Crippen molar-refractivity contribution in [2.75, 3.05) is 39.9 Å². The SMILES string of the molecule is CCCN=C(NCC)N(C)CCOCC1CC1. The van der Waals surface area contributed by atoms with Crippen molar-refractivity contribution in [1.82, 2.24) is 10.2 Å². The van der Waals surface area contributed by atoms with Crippen LogP contribution in [0.4, 0.5) is 0 Å². The topological polar surface area (TPSA) is 36.9 Å². The first-order valence-electron chi connectivity index (χ1n) is 6.85. The van der Waals surface area contributed by atoms with Crippen molar-refractivity contribution < 1.29 is 4.74 Å². The molecule has 0 amide bonds. The maximum atomic E-state index is 5.64. The Balaban J connectivity index is 2.17. The first kappa shape index (κ1) is 14.3. The average Bonchev–Trinajstić information content (AvgIpc) is 3.13. The summed E-state index contributed by atoms with van der Waals surface area (Å²) in [7, 11) is 2.07. The van der Waals surface area contributed by atoms with Gasteiger partial charge in [0.2, 0.25) is 0 Å². The predicted molar refractivity (Wildman–Crippen MR) is 72.4 cm³/mol. The Morgan fingerprint density at radius 3 is 2.76 bits per heavy atom. The van der Waals surface area contributed by atoms with Crippen LogP contribution in [-0.2, 0) is 4.74 Å². The highest BCUT2D eigenvalue weighted by Gasteiger charge is 2.21. The van der Waals surface area contributed by atoms with E-state index < -0.39 is 0 Å². The van der Waals surface area contributed by atoms with E-state index in [1.54, 1.807) is 0 Å². The summed E-state index contributed by atoms with van der Waals surface area (Å²) in [5.74, 6) is 1.84. The maximum absolute atomic E-state index is 5.64. The summed E-state index contributed by atoms with van der Waals surface area (Å²) in [5, 5.41) is 3.30. The summed E-state index contributed by atoms with van der Waals surface area (Å²) < 4.78 is 5.64. The summed E-state index contributed by atoms with van der Waals surface area (Å²) in [5.41, 5.74) is 0. The zero-order valence-electron chi connectivity index (χ0n) is 11.5. The Kier molecular flexibility index (Phi) is 7.01. The number of likely N-dealkylation sites (N-methyl/N-ethyl adjacent to an activating group) is 1. The zero-order valence-corrected chi connectivity index (χ0v) is 11.5. The molecule has 0 heterocycles. The van der Waals surface area contributed by atoms with Gasteiger partial charge in [0.05, 0.1) is 6.61 Å². The van der Waals surface area contributed by atoms with Crippen molar-refractivity contribution in [1.29, 1.82) is 0 Å². The van der Waals surface area contributed by atoms with Crippen LogP contribution in [0.3, 0.4) is 0 Å². The summed E-state index contributed by atoms with van der Waals surface area (Å²) in [6.07, 6.45) is 3.80. The van der Waals surface area contributed by atoms with Crippen LogP contribution in [0, 0.1) is 5.92 Å². The summed E-state index contributed by atoms with van der Waals surface area (Å²) in [6, 6.07) is 0. The number of nitrogens with one attached hydrogen (secondary N) is 1. The van der Waals surface area contributed by atoms with Gasteiger partial charge in [-0.25, -0.2) is 0 Å². The van der Waals surface area contributed by atoms with Crippen molar-refractivity contribution in [3.63, 3.8) is 0 Å². The van der Waals surface area contributed by atoms with E-state index in [0.29, 0.717) is 0 Å². The van der Waals surface area contributed by atoms with E-state index in [1.165, 1.54) is 12.8 Å². The third-order valence-corrected chi connectivity index (χ3v) is 2.80. The van der Waals surface area contributed by atoms with Crippen molar-refractivity contribution in [3.8, 4) is 0 Å². The molecule has 0 saturated heterocycles. The van der Waals surface area contributed by atoms with Crippen LogP contribution in [0.2, 0.25) is 0 Å². The monoisotopic (exact) mass is 241 g/mol. The van der Waals surface area contributed by atoms with Gasteiger partial charge in [-0.15, -0.1) is 0 Å². The molecule has 0 atom stereocenters. The molecular formula is C13H27N3O. The molecule has 0 unspecified atom stereocenters. The van der Waals surface area contributed by atoms with Crippen LogP contribution in [0.15, 0.2) is 4.99 Å². The van der Waals surface area contributed by atoms with Gasteiger partial charge in [0.25, 0.3) is 0 Å². The van der Waals surface area contributed by atoms with Gasteiger partial charge in [-0.3, -0.25) is 4.99 Å². The second-order valence-corrected chi connectivity index (χ2v) is 4.68. The molecule has 4 nitrogen and oxygen atoms in total. The number of hydrogen-bond acceptors (Lipinski definition) is 2. The van der Waals surface area contributed by atoms with E-state index in [2.05, 4.69) is 36.1 Å². The number of nitrogens with zero attached hydrogens (tertiary/aromatic N) is 2. The third-order valence-electron chi connectivity index (χ3n) is 2.80. The number of aliphatic imine (C=N–C) groups is 1. The lowest BCUT2D eigenvalue weighted by Crippen LogP contribution is -2.40. The minimum atomic E-state index is 0.795. The zero-order chi connectivity index (χ0) is 12.5. The summed E-state index contributed by atoms with van der Waals surface area (Å²) >= 11 is 0. The van der Waals surface area contributed by atoms with E-state index in [9.17, 15) is 0 Å². The molecule has 0 aromatic carbocycles. The van der Waals surface area contributed by atoms with Gasteiger partial charge in [0, 0.05) is 33.3 Å². The number of guanidine groups is 1. The van der Waals surface area contributed by atoms with Gasteiger partial charge >= 0.3 is 0 Å². The van der Waals surface area contributed by atoms with Crippen LogP contribution in [0.25, 0.3) is 0 Å². The smallest absolute Gasteiger partial charge is 0.193 e. The highest BCUT2D eigenvalue weighted by Crippen LogP contribution is 2.28. The van der Waals surface area contributed by atoms with E-state index in [4.69, 9.17) is 4.74 Å². The molecule has 0 aliphatic heterocycles. The van der Waals surface area contributed by atoms with Crippen LogP contribution in [0.5, 0.6) is 0 Å². The van der Waals surface area contributed by atoms with E-state index in [-0.39, 0.29) is 0 Å². The van der Waals surface area contributed by atoms with Gasteiger partial charge in [-0.05, 0) is 32.1 Å². The molecule has 0 bridgehead atoms. The molecule has 17 heavy (non-hydrogen) atoms. The first-order chi connectivity index (χ1) is 8.27. The van der Waals surface area contributed by atoms with Crippen LogP contribution >= 0.6 is 0 Å². The fourth-order valence-corrected chi connectivity index (χ4v) is 1.53. The molecule has 0 aromatic heterocycles. The molecular weight excluding hydrogens is 214 g/mol. The lowest BCUT2D eigenvalue weighted by atomic mass is 10.5. The minimum absolute atomic E-state index is 0.795. The quantitative estimate of drug-likeness (QED) is 0.399. The predicted octanol–water partition coefficient (Wildman–Crippen LogP) is 1.72. The molecule has 0 aromatic rings. The number of hydrogen-bond donors (Lipinski definition) is 1. The summed E-state index contributed by atoms with van der Waals surface area (Å²) in [4.78, 5) is 6.68. The molecule has 100 valence electrons. The standard InChI is InChI=1S/C13H27N3O/c1-4-8-15-13(14-5-2)16(3)9-10-17-11-12-6-7-12/h12H,4-11H2,1-3H3,(H,14,15). The van der Waals surface area contributed by atoms with Gasteiger partial charge in [-0.2, -0.15) is 0 Å². The van der Waals surface area contributed by atoms with E-state index >= 15 is 0 Å². The molecule has 0 radical (unpaired) electrons. The fourth-order valence-electron chi connectivity index (χ4n) is 1.53. The van der Waals surface area contributed by atoms with Crippen molar-refractivity contribution in [3.05, 3.63) is 0 Å². The van der Waals surface area contributed by atoms with Gasteiger partial charge in [-0.1, -0.05) is 6.92 Å². The molecule has 1 fully saturated rings. The second kappa shape index (κ2) is 8.34. The number of rotatable bonds is 8. The Hall–Kier alpha value is -0.770. The molecule has 0 spiro atoms. The number of ether oxygens (including phenoxy) is 1. The summed E-state index contributed by atoms with van der Waals surface area (Å²) in [6.45, 7) is 8.68. The van der Waals surface area contributed by atoms with Crippen molar-refractivity contribution in [2.24, 2.45) is 10.9 Å². The van der Waals surface area contributed by atoms with Gasteiger partial charge in [0.15, 0.2) is 5.96 Å². The van der Waals surface area contributed by atoms with E-state index in [1.807, 2.05) is 0 Å². The van der Waals surface area contributed by atoms with Crippen molar-refractivity contribution >= 4 is 5.96 Å². The molecule has 1 rings (SSSR count). The lowest BCUT2D eigenvalue weighted by Gasteiger charge is -2.21. The Labute approximate surface area is 105 Å². The Bertz CT molecular complexity index is 227. The molecule has 1 aliphatic carbocycles.